The van der Waals surface area contributed by atoms with E-state index in [0.29, 0.717) is 11.5 Å². The molecule has 1 heterocycles. The molecule has 0 aliphatic rings. The molecule has 0 saturated heterocycles. The Hall–Kier alpha value is -1.85. The first-order valence-corrected chi connectivity index (χ1v) is 6.04. The molecular weight excluding hydrogens is 250 g/mol. The third kappa shape index (κ3) is 5.54. The Morgan fingerprint density at radius 3 is 2.53 bits per heavy atom. The standard InChI is InChI=1S/C13H19NO5/c1-8-5-10(14-19-8)6-9(12(16)17)7-11(15)18-13(2,3)4/h5,9H,6-7H2,1-4H3,(H,16,17). The number of aromatic nitrogens is 1. The predicted molar refractivity (Wildman–Crippen MR) is 66.5 cm³/mol. The van der Waals surface area contributed by atoms with Crippen LogP contribution in [0.2, 0.25) is 0 Å². The summed E-state index contributed by atoms with van der Waals surface area (Å²) in [6, 6.07) is 1.66. The fourth-order valence-electron chi connectivity index (χ4n) is 1.60. The number of rotatable bonds is 5. The van der Waals surface area contributed by atoms with Crippen molar-refractivity contribution >= 4 is 11.9 Å². The molecule has 0 bridgehead atoms. The van der Waals surface area contributed by atoms with Gasteiger partial charge in [-0.3, -0.25) is 9.59 Å². The summed E-state index contributed by atoms with van der Waals surface area (Å²) in [5.41, 5.74) is -0.0987. The normalized spacial score (nSPS) is 13.1. The highest BCUT2D eigenvalue weighted by molar-refractivity contribution is 5.79. The van der Waals surface area contributed by atoms with Crippen LogP contribution >= 0.6 is 0 Å². The van der Waals surface area contributed by atoms with Gasteiger partial charge in [-0.2, -0.15) is 0 Å². The maximum Gasteiger partial charge on any atom is 0.307 e. The predicted octanol–water partition coefficient (Wildman–Crippen LogP) is 1.96. The smallest absolute Gasteiger partial charge is 0.307 e. The van der Waals surface area contributed by atoms with Gasteiger partial charge in [0.25, 0.3) is 0 Å². The lowest BCUT2D eigenvalue weighted by molar-refractivity contribution is -0.159. The molecule has 1 unspecified atom stereocenters. The summed E-state index contributed by atoms with van der Waals surface area (Å²) in [4.78, 5) is 22.8. The van der Waals surface area contributed by atoms with Gasteiger partial charge < -0.3 is 14.4 Å². The van der Waals surface area contributed by atoms with E-state index in [0.717, 1.165) is 0 Å². The summed E-state index contributed by atoms with van der Waals surface area (Å²) >= 11 is 0. The van der Waals surface area contributed by atoms with Crippen molar-refractivity contribution in [1.29, 1.82) is 0 Å². The average molecular weight is 269 g/mol. The fourth-order valence-corrected chi connectivity index (χ4v) is 1.60. The van der Waals surface area contributed by atoms with Gasteiger partial charge in [0.1, 0.15) is 11.4 Å². The molecule has 0 aliphatic heterocycles. The molecule has 0 spiro atoms. The number of hydrogen-bond donors (Lipinski definition) is 1. The van der Waals surface area contributed by atoms with Crippen molar-refractivity contribution in [2.45, 2.75) is 46.1 Å². The Labute approximate surface area is 111 Å². The minimum Gasteiger partial charge on any atom is -0.481 e. The second-order valence-corrected chi connectivity index (χ2v) is 5.46. The summed E-state index contributed by atoms with van der Waals surface area (Å²) < 4.78 is 9.99. The number of carboxylic acids is 1. The Morgan fingerprint density at radius 1 is 1.47 bits per heavy atom. The number of carboxylic acid groups (broad SMARTS) is 1. The van der Waals surface area contributed by atoms with Crippen LogP contribution in [0.3, 0.4) is 0 Å². The van der Waals surface area contributed by atoms with Gasteiger partial charge in [-0.1, -0.05) is 5.16 Å². The third-order valence-electron chi connectivity index (χ3n) is 2.31. The molecule has 0 amide bonds. The zero-order chi connectivity index (χ0) is 14.6. The van der Waals surface area contributed by atoms with Crippen LogP contribution in [0, 0.1) is 12.8 Å². The molecular formula is C13H19NO5. The molecule has 1 N–H and O–H groups in total. The van der Waals surface area contributed by atoms with Crippen LogP contribution in [-0.4, -0.2) is 27.8 Å². The van der Waals surface area contributed by atoms with Crippen molar-refractivity contribution in [2.24, 2.45) is 5.92 Å². The lowest BCUT2D eigenvalue weighted by Crippen LogP contribution is -2.28. The number of aryl methyl sites for hydroxylation is 1. The number of hydrogen-bond acceptors (Lipinski definition) is 5. The van der Waals surface area contributed by atoms with E-state index in [2.05, 4.69) is 5.16 Å². The molecule has 106 valence electrons. The summed E-state index contributed by atoms with van der Waals surface area (Å²) in [7, 11) is 0. The quantitative estimate of drug-likeness (QED) is 0.822. The van der Waals surface area contributed by atoms with E-state index in [1.807, 2.05) is 0 Å². The van der Waals surface area contributed by atoms with Crippen LogP contribution in [0.5, 0.6) is 0 Å². The minimum atomic E-state index is -1.05. The topological polar surface area (TPSA) is 89.6 Å². The fraction of sp³-hybridized carbons (Fsp3) is 0.615. The molecule has 0 aromatic carbocycles. The maximum atomic E-state index is 11.6. The number of ether oxygens (including phenoxy) is 1. The molecule has 0 aliphatic carbocycles. The molecule has 1 aromatic rings. The summed E-state index contributed by atoms with van der Waals surface area (Å²) in [5, 5.41) is 12.9. The summed E-state index contributed by atoms with van der Waals surface area (Å²) in [5.74, 6) is -1.83. The third-order valence-corrected chi connectivity index (χ3v) is 2.31. The van der Waals surface area contributed by atoms with Gasteiger partial charge in [0.05, 0.1) is 18.0 Å². The van der Waals surface area contributed by atoms with Gasteiger partial charge in [0.2, 0.25) is 0 Å². The highest BCUT2D eigenvalue weighted by Gasteiger charge is 2.26. The molecule has 6 nitrogen and oxygen atoms in total. The number of carbonyl (C=O) groups excluding carboxylic acids is 1. The Bertz CT molecular complexity index is 458. The summed E-state index contributed by atoms with van der Waals surface area (Å²) in [6.07, 6.45) is -0.0373. The molecule has 0 radical (unpaired) electrons. The van der Waals surface area contributed by atoms with Crippen molar-refractivity contribution < 1.29 is 24.0 Å². The zero-order valence-corrected chi connectivity index (χ0v) is 11.6. The molecule has 1 rings (SSSR count). The van der Waals surface area contributed by atoms with Crippen LogP contribution < -0.4 is 0 Å². The van der Waals surface area contributed by atoms with Crippen molar-refractivity contribution in [3.63, 3.8) is 0 Å². The van der Waals surface area contributed by atoms with E-state index in [4.69, 9.17) is 14.4 Å². The van der Waals surface area contributed by atoms with Crippen LogP contribution in [0.1, 0.15) is 38.6 Å². The SMILES string of the molecule is Cc1cc(CC(CC(=O)OC(C)(C)C)C(=O)O)no1. The second-order valence-electron chi connectivity index (χ2n) is 5.46. The highest BCUT2D eigenvalue weighted by Crippen LogP contribution is 2.16. The van der Waals surface area contributed by atoms with Crippen molar-refractivity contribution in [3.05, 3.63) is 17.5 Å². The van der Waals surface area contributed by atoms with Gasteiger partial charge in [-0.25, -0.2) is 0 Å². The molecule has 0 fully saturated rings. The lowest BCUT2D eigenvalue weighted by Gasteiger charge is -2.20. The van der Waals surface area contributed by atoms with Gasteiger partial charge in [-0.05, 0) is 27.7 Å². The van der Waals surface area contributed by atoms with E-state index in [-0.39, 0.29) is 12.8 Å². The van der Waals surface area contributed by atoms with E-state index in [1.54, 1.807) is 33.8 Å². The van der Waals surface area contributed by atoms with E-state index >= 15 is 0 Å². The highest BCUT2D eigenvalue weighted by atomic mass is 16.6. The monoisotopic (exact) mass is 269 g/mol. The van der Waals surface area contributed by atoms with E-state index < -0.39 is 23.5 Å². The van der Waals surface area contributed by atoms with Crippen LogP contribution in [0.4, 0.5) is 0 Å². The first kappa shape index (κ1) is 15.2. The molecule has 6 heteroatoms. The molecule has 19 heavy (non-hydrogen) atoms. The van der Waals surface area contributed by atoms with Gasteiger partial charge in [-0.15, -0.1) is 0 Å². The van der Waals surface area contributed by atoms with E-state index in [1.165, 1.54) is 0 Å². The maximum absolute atomic E-state index is 11.6. The van der Waals surface area contributed by atoms with Crippen LogP contribution in [-0.2, 0) is 20.7 Å². The second kappa shape index (κ2) is 5.86. The average Bonchev–Trinajstić information content (AvgIpc) is 2.60. The van der Waals surface area contributed by atoms with Crippen LogP contribution in [0.15, 0.2) is 10.6 Å². The van der Waals surface area contributed by atoms with Crippen molar-refractivity contribution in [3.8, 4) is 0 Å². The van der Waals surface area contributed by atoms with Crippen molar-refractivity contribution in [1.82, 2.24) is 5.16 Å². The van der Waals surface area contributed by atoms with Crippen LogP contribution in [0.25, 0.3) is 0 Å². The first-order valence-electron chi connectivity index (χ1n) is 6.04. The van der Waals surface area contributed by atoms with Gasteiger partial charge in [0.15, 0.2) is 0 Å². The van der Waals surface area contributed by atoms with Gasteiger partial charge in [0, 0.05) is 12.5 Å². The Kier molecular flexibility index (Phi) is 4.69. The number of aliphatic carboxylic acids is 1. The van der Waals surface area contributed by atoms with Crippen molar-refractivity contribution in [2.75, 3.05) is 0 Å². The number of esters is 1. The minimum absolute atomic E-state index is 0.145. The zero-order valence-electron chi connectivity index (χ0n) is 11.6. The largest absolute Gasteiger partial charge is 0.481 e. The van der Waals surface area contributed by atoms with Gasteiger partial charge >= 0.3 is 11.9 Å². The summed E-state index contributed by atoms with van der Waals surface area (Å²) in [6.45, 7) is 6.94. The molecule has 0 saturated carbocycles. The first-order chi connectivity index (χ1) is 8.67. The Morgan fingerprint density at radius 2 is 2.11 bits per heavy atom. The molecule has 1 aromatic heterocycles. The number of nitrogens with zero attached hydrogens (tertiary/aromatic N) is 1. The lowest BCUT2D eigenvalue weighted by atomic mass is 9.99. The van der Waals surface area contributed by atoms with E-state index in [9.17, 15) is 9.59 Å². The Balaban J connectivity index is 2.63. The molecule has 1 atom stereocenters. The number of carbonyl (C=O) groups is 2.